The van der Waals surface area contributed by atoms with E-state index in [-0.39, 0.29) is 17.3 Å². The molecule has 18 heavy (non-hydrogen) atoms. The van der Waals surface area contributed by atoms with E-state index in [1.807, 2.05) is 0 Å². The Kier molecular flexibility index (Phi) is 2.96. The van der Waals surface area contributed by atoms with Crippen LogP contribution < -0.4 is 5.73 Å². The fraction of sp³-hybridized carbons (Fsp3) is 0. The van der Waals surface area contributed by atoms with Gasteiger partial charge in [-0.3, -0.25) is 10.1 Å². The topological polar surface area (TPSA) is 115 Å². The van der Waals surface area contributed by atoms with Crippen LogP contribution in [0.2, 0.25) is 0 Å². The van der Waals surface area contributed by atoms with Crippen LogP contribution in [0.3, 0.4) is 0 Å². The number of amidine groups is 1. The Morgan fingerprint density at radius 2 is 1.94 bits per heavy atom. The van der Waals surface area contributed by atoms with Crippen molar-refractivity contribution in [3.8, 4) is 11.3 Å². The first-order valence-corrected chi connectivity index (χ1v) is 4.94. The van der Waals surface area contributed by atoms with E-state index < -0.39 is 4.92 Å². The fourth-order valence-electron chi connectivity index (χ4n) is 1.43. The average Bonchev–Trinajstić information content (AvgIpc) is 2.87. The molecule has 92 valence electrons. The molecule has 2 aromatic rings. The number of benzene rings is 1. The van der Waals surface area contributed by atoms with Gasteiger partial charge >= 0.3 is 0 Å². The number of hydrogen-bond acceptors (Lipinski definition) is 5. The molecule has 0 saturated carbocycles. The van der Waals surface area contributed by atoms with E-state index in [1.54, 1.807) is 24.3 Å². The van der Waals surface area contributed by atoms with Crippen molar-refractivity contribution in [2.45, 2.75) is 0 Å². The number of nitro groups is 1. The van der Waals surface area contributed by atoms with Gasteiger partial charge in [-0.2, -0.15) is 0 Å². The number of hydrogen-bond donors (Lipinski definition) is 2. The number of nitro benzene ring substituents is 1. The van der Waals surface area contributed by atoms with Gasteiger partial charge in [0.15, 0.2) is 5.76 Å². The lowest BCUT2D eigenvalue weighted by molar-refractivity contribution is -0.384. The van der Waals surface area contributed by atoms with Gasteiger partial charge in [0.1, 0.15) is 5.76 Å². The molecule has 0 bridgehead atoms. The second-order valence-electron chi connectivity index (χ2n) is 3.45. The van der Waals surface area contributed by atoms with E-state index in [4.69, 9.17) is 15.4 Å². The van der Waals surface area contributed by atoms with Crippen LogP contribution in [0.5, 0.6) is 0 Å². The Bertz CT molecular complexity index is 601. The van der Waals surface area contributed by atoms with E-state index in [1.165, 1.54) is 12.1 Å². The lowest BCUT2D eigenvalue weighted by atomic mass is 10.1. The molecule has 1 aromatic carbocycles. The van der Waals surface area contributed by atoms with E-state index in [0.29, 0.717) is 11.3 Å². The summed E-state index contributed by atoms with van der Waals surface area (Å²) in [5, 5.41) is 21.8. The predicted octanol–water partition coefficient (Wildman–Crippen LogP) is 1.95. The zero-order valence-corrected chi connectivity index (χ0v) is 9.11. The van der Waals surface area contributed by atoms with Crippen molar-refractivity contribution in [3.63, 3.8) is 0 Å². The summed E-state index contributed by atoms with van der Waals surface area (Å²) in [6.45, 7) is 0. The first kappa shape index (κ1) is 11.6. The molecule has 0 spiro atoms. The van der Waals surface area contributed by atoms with Gasteiger partial charge in [-0.05, 0) is 24.3 Å². The van der Waals surface area contributed by atoms with Gasteiger partial charge in [0.25, 0.3) is 5.69 Å². The summed E-state index contributed by atoms with van der Waals surface area (Å²) in [5.74, 6) is 0.570. The first-order chi connectivity index (χ1) is 8.61. The Balaban J connectivity index is 2.32. The fourth-order valence-corrected chi connectivity index (χ4v) is 1.43. The summed E-state index contributed by atoms with van der Waals surface area (Å²) in [7, 11) is 0. The average molecular weight is 247 g/mol. The molecule has 1 heterocycles. The summed E-state index contributed by atoms with van der Waals surface area (Å²) in [5.41, 5.74) is 6.03. The first-order valence-electron chi connectivity index (χ1n) is 4.94. The third-order valence-electron chi connectivity index (χ3n) is 2.33. The smallest absolute Gasteiger partial charge is 0.269 e. The maximum absolute atomic E-state index is 10.5. The zero-order chi connectivity index (χ0) is 13.1. The minimum absolute atomic E-state index is 0.00182. The molecule has 0 aliphatic rings. The van der Waals surface area contributed by atoms with Crippen molar-refractivity contribution in [1.29, 1.82) is 0 Å². The van der Waals surface area contributed by atoms with Crippen LogP contribution in [0.1, 0.15) is 5.76 Å². The van der Waals surface area contributed by atoms with E-state index in [0.717, 1.165) is 0 Å². The summed E-state index contributed by atoms with van der Waals surface area (Å²) < 4.78 is 5.34. The third-order valence-corrected chi connectivity index (χ3v) is 2.33. The van der Waals surface area contributed by atoms with Crippen LogP contribution in [0.25, 0.3) is 11.3 Å². The number of furan rings is 1. The molecule has 1 aromatic heterocycles. The van der Waals surface area contributed by atoms with Crippen LogP contribution in [0, 0.1) is 10.1 Å². The van der Waals surface area contributed by atoms with Gasteiger partial charge in [0, 0.05) is 17.7 Å². The number of oxime groups is 1. The predicted molar refractivity (Wildman–Crippen MR) is 63.3 cm³/mol. The minimum Gasteiger partial charge on any atom is -0.453 e. The van der Waals surface area contributed by atoms with Crippen molar-refractivity contribution in [3.05, 3.63) is 52.3 Å². The Morgan fingerprint density at radius 1 is 1.28 bits per heavy atom. The molecule has 0 unspecified atom stereocenters. The second kappa shape index (κ2) is 4.58. The van der Waals surface area contributed by atoms with Crippen LogP contribution in [-0.4, -0.2) is 16.0 Å². The number of rotatable bonds is 3. The van der Waals surface area contributed by atoms with Crippen LogP contribution in [-0.2, 0) is 0 Å². The van der Waals surface area contributed by atoms with Crippen LogP contribution in [0.4, 0.5) is 5.69 Å². The second-order valence-corrected chi connectivity index (χ2v) is 3.45. The van der Waals surface area contributed by atoms with Gasteiger partial charge in [-0.1, -0.05) is 5.16 Å². The quantitative estimate of drug-likeness (QED) is 0.283. The highest BCUT2D eigenvalue weighted by Crippen LogP contribution is 2.24. The molecule has 0 fully saturated rings. The SMILES string of the molecule is NC(=NO)c1ccc(-c2ccc([N+](=O)[O-])cc2)o1. The molecule has 3 N–H and O–H groups in total. The van der Waals surface area contributed by atoms with Crippen LogP contribution in [0.15, 0.2) is 46.0 Å². The highest BCUT2D eigenvalue weighted by molar-refractivity contribution is 5.94. The molecule has 0 aliphatic heterocycles. The normalized spacial score (nSPS) is 11.4. The van der Waals surface area contributed by atoms with Crippen molar-refractivity contribution >= 4 is 11.5 Å². The van der Waals surface area contributed by atoms with E-state index in [9.17, 15) is 10.1 Å². The van der Waals surface area contributed by atoms with Gasteiger partial charge in [0.05, 0.1) is 4.92 Å². The van der Waals surface area contributed by atoms with Crippen molar-refractivity contribution in [1.82, 2.24) is 0 Å². The Labute approximate surface area is 101 Å². The van der Waals surface area contributed by atoms with E-state index >= 15 is 0 Å². The summed E-state index contributed by atoms with van der Waals surface area (Å²) in [4.78, 5) is 10.0. The Hall–Kier alpha value is -2.83. The monoisotopic (exact) mass is 247 g/mol. The molecular formula is C11H9N3O4. The lowest BCUT2D eigenvalue weighted by Gasteiger charge is -1.97. The highest BCUT2D eigenvalue weighted by Gasteiger charge is 2.10. The molecule has 2 rings (SSSR count). The molecular weight excluding hydrogens is 238 g/mol. The van der Waals surface area contributed by atoms with Gasteiger partial charge < -0.3 is 15.4 Å². The molecule has 0 saturated heterocycles. The molecule has 0 aliphatic carbocycles. The number of nitrogens with two attached hydrogens (primary N) is 1. The molecule has 7 heteroatoms. The zero-order valence-electron chi connectivity index (χ0n) is 9.11. The van der Waals surface area contributed by atoms with Crippen molar-refractivity contribution in [2.75, 3.05) is 0 Å². The van der Waals surface area contributed by atoms with Crippen molar-refractivity contribution < 1.29 is 14.5 Å². The maximum atomic E-state index is 10.5. The summed E-state index contributed by atoms with van der Waals surface area (Å²) in [6, 6.07) is 9.06. The lowest BCUT2D eigenvalue weighted by Crippen LogP contribution is -2.11. The van der Waals surface area contributed by atoms with Crippen molar-refractivity contribution in [2.24, 2.45) is 10.9 Å². The molecule has 0 atom stereocenters. The largest absolute Gasteiger partial charge is 0.453 e. The minimum atomic E-state index is -0.478. The number of non-ortho nitro benzene ring substituents is 1. The molecule has 0 amide bonds. The Morgan fingerprint density at radius 3 is 2.50 bits per heavy atom. The summed E-state index contributed by atoms with van der Waals surface area (Å²) in [6.07, 6.45) is 0. The van der Waals surface area contributed by atoms with Gasteiger partial charge in [-0.15, -0.1) is 0 Å². The highest BCUT2D eigenvalue weighted by atomic mass is 16.6. The van der Waals surface area contributed by atoms with Gasteiger partial charge in [-0.25, -0.2) is 0 Å². The van der Waals surface area contributed by atoms with E-state index in [2.05, 4.69) is 5.16 Å². The molecule has 7 nitrogen and oxygen atoms in total. The number of nitrogens with zero attached hydrogens (tertiary/aromatic N) is 2. The van der Waals surface area contributed by atoms with Gasteiger partial charge in [0.2, 0.25) is 5.84 Å². The molecule has 0 radical (unpaired) electrons. The van der Waals surface area contributed by atoms with Crippen LogP contribution >= 0.6 is 0 Å². The maximum Gasteiger partial charge on any atom is 0.269 e. The standard InChI is InChI=1S/C11H9N3O4/c12-11(13-15)10-6-5-9(18-10)7-1-3-8(4-2-7)14(16)17/h1-6,15H,(H2,12,13). The summed E-state index contributed by atoms with van der Waals surface area (Å²) >= 11 is 0. The third kappa shape index (κ3) is 2.14.